The van der Waals surface area contributed by atoms with Crippen molar-refractivity contribution in [2.45, 2.75) is 65.0 Å². The van der Waals surface area contributed by atoms with Crippen LogP contribution in [0, 0.1) is 11.8 Å². The summed E-state index contributed by atoms with van der Waals surface area (Å²) in [4.78, 5) is 0. The summed E-state index contributed by atoms with van der Waals surface area (Å²) in [6.07, 6.45) is 11.9. The van der Waals surface area contributed by atoms with Crippen molar-refractivity contribution in [3.63, 3.8) is 0 Å². The molecule has 0 spiro atoms. The van der Waals surface area contributed by atoms with Gasteiger partial charge in [0.2, 0.25) is 0 Å². The normalized spacial score (nSPS) is 26.2. The first-order chi connectivity index (χ1) is 8.74. The number of aromatic nitrogens is 2. The van der Waals surface area contributed by atoms with Gasteiger partial charge in [-0.25, -0.2) is 0 Å². The molecule has 102 valence electrons. The minimum absolute atomic E-state index is 0.185. The molecule has 1 heterocycles. The van der Waals surface area contributed by atoms with Crippen LogP contribution in [0.5, 0.6) is 0 Å². The van der Waals surface area contributed by atoms with Gasteiger partial charge in [-0.05, 0) is 31.1 Å². The summed E-state index contributed by atoms with van der Waals surface area (Å²) in [5.41, 5.74) is 7.67. The van der Waals surface area contributed by atoms with E-state index in [9.17, 15) is 0 Å². The van der Waals surface area contributed by atoms with E-state index in [4.69, 9.17) is 5.73 Å². The molecule has 0 aliphatic heterocycles. The lowest BCUT2D eigenvalue weighted by molar-refractivity contribution is 0.230. The zero-order valence-corrected chi connectivity index (χ0v) is 11.8. The average molecular weight is 249 g/mol. The molecule has 0 aromatic carbocycles. The van der Waals surface area contributed by atoms with Crippen LogP contribution < -0.4 is 5.73 Å². The Bertz CT molecular complexity index is 358. The summed E-state index contributed by atoms with van der Waals surface area (Å²) in [6.45, 7) is 5.47. The van der Waals surface area contributed by atoms with Crippen molar-refractivity contribution in [3.05, 3.63) is 18.0 Å². The Morgan fingerprint density at radius 1 is 1.44 bits per heavy atom. The van der Waals surface area contributed by atoms with Crippen LogP contribution in [0.3, 0.4) is 0 Å². The Morgan fingerprint density at radius 3 is 3.00 bits per heavy atom. The van der Waals surface area contributed by atoms with Crippen molar-refractivity contribution in [1.82, 2.24) is 9.78 Å². The van der Waals surface area contributed by atoms with Crippen LogP contribution in [0.4, 0.5) is 0 Å². The summed E-state index contributed by atoms with van der Waals surface area (Å²) >= 11 is 0. The van der Waals surface area contributed by atoms with Crippen molar-refractivity contribution in [1.29, 1.82) is 0 Å². The van der Waals surface area contributed by atoms with Crippen molar-refractivity contribution in [2.24, 2.45) is 17.6 Å². The Morgan fingerprint density at radius 2 is 2.28 bits per heavy atom. The fourth-order valence-corrected chi connectivity index (χ4v) is 3.20. The summed E-state index contributed by atoms with van der Waals surface area (Å²) < 4.78 is 2.02. The van der Waals surface area contributed by atoms with Crippen molar-refractivity contribution >= 4 is 0 Å². The van der Waals surface area contributed by atoms with Gasteiger partial charge in [0.05, 0.1) is 6.20 Å². The molecule has 3 nitrogen and oxygen atoms in total. The SMILES string of the molecule is CCCn1cc(C(N)C2CCCC(CC)C2)cn1. The maximum absolute atomic E-state index is 6.44. The molecule has 0 radical (unpaired) electrons. The van der Waals surface area contributed by atoms with E-state index in [1.165, 1.54) is 37.7 Å². The predicted octanol–water partition coefficient (Wildman–Crippen LogP) is 3.51. The lowest BCUT2D eigenvalue weighted by atomic mass is 9.76. The number of hydrogen-bond donors (Lipinski definition) is 1. The second-order valence-electron chi connectivity index (χ2n) is 5.76. The van der Waals surface area contributed by atoms with Gasteiger partial charge in [-0.2, -0.15) is 5.10 Å². The topological polar surface area (TPSA) is 43.8 Å². The molecular weight excluding hydrogens is 222 g/mol. The first-order valence-corrected chi connectivity index (χ1v) is 7.52. The molecule has 18 heavy (non-hydrogen) atoms. The molecule has 2 N–H and O–H groups in total. The third kappa shape index (κ3) is 3.14. The number of nitrogens with zero attached hydrogens (tertiary/aromatic N) is 2. The number of aryl methyl sites for hydroxylation is 1. The van der Waals surface area contributed by atoms with Gasteiger partial charge in [-0.1, -0.05) is 33.1 Å². The van der Waals surface area contributed by atoms with Gasteiger partial charge in [0.25, 0.3) is 0 Å². The molecular formula is C15H27N3. The molecule has 3 heteroatoms. The summed E-state index contributed by atoms with van der Waals surface area (Å²) in [7, 11) is 0. The molecule has 1 aliphatic rings. The van der Waals surface area contributed by atoms with Crippen LogP contribution in [-0.2, 0) is 6.54 Å². The van der Waals surface area contributed by atoms with Crippen LogP contribution in [0.1, 0.15) is 64.0 Å². The molecule has 0 saturated heterocycles. The quantitative estimate of drug-likeness (QED) is 0.868. The second kappa shape index (κ2) is 6.37. The molecule has 3 unspecified atom stereocenters. The van der Waals surface area contributed by atoms with Gasteiger partial charge in [-0.3, -0.25) is 4.68 Å². The lowest BCUT2D eigenvalue weighted by Gasteiger charge is -2.32. The van der Waals surface area contributed by atoms with Crippen LogP contribution in [0.2, 0.25) is 0 Å². The fourth-order valence-electron chi connectivity index (χ4n) is 3.20. The highest BCUT2D eigenvalue weighted by Gasteiger charge is 2.27. The summed E-state index contributed by atoms with van der Waals surface area (Å²) in [6, 6.07) is 0.185. The third-order valence-corrected chi connectivity index (χ3v) is 4.40. The predicted molar refractivity (Wildman–Crippen MR) is 75.2 cm³/mol. The van der Waals surface area contributed by atoms with Crippen LogP contribution >= 0.6 is 0 Å². The van der Waals surface area contributed by atoms with Gasteiger partial charge in [0.15, 0.2) is 0 Å². The zero-order chi connectivity index (χ0) is 13.0. The third-order valence-electron chi connectivity index (χ3n) is 4.40. The summed E-state index contributed by atoms with van der Waals surface area (Å²) in [5, 5.41) is 4.40. The van der Waals surface area contributed by atoms with E-state index in [0.717, 1.165) is 18.9 Å². The second-order valence-corrected chi connectivity index (χ2v) is 5.76. The highest BCUT2D eigenvalue weighted by molar-refractivity contribution is 5.11. The Labute approximate surface area is 111 Å². The van der Waals surface area contributed by atoms with Gasteiger partial charge in [0, 0.05) is 24.3 Å². The van der Waals surface area contributed by atoms with E-state index in [1.807, 2.05) is 10.9 Å². The smallest absolute Gasteiger partial charge is 0.0537 e. The molecule has 1 aromatic heterocycles. The van der Waals surface area contributed by atoms with E-state index in [2.05, 4.69) is 25.1 Å². The molecule has 1 aromatic rings. The number of rotatable bonds is 5. The van der Waals surface area contributed by atoms with E-state index >= 15 is 0 Å². The molecule has 1 fully saturated rings. The lowest BCUT2D eigenvalue weighted by Crippen LogP contribution is -2.26. The maximum atomic E-state index is 6.44. The molecule has 3 atom stereocenters. The minimum atomic E-state index is 0.185. The Hall–Kier alpha value is -0.830. The zero-order valence-electron chi connectivity index (χ0n) is 11.8. The largest absolute Gasteiger partial charge is 0.324 e. The number of hydrogen-bond acceptors (Lipinski definition) is 2. The Kier molecular flexibility index (Phi) is 4.81. The van der Waals surface area contributed by atoms with E-state index in [0.29, 0.717) is 5.92 Å². The van der Waals surface area contributed by atoms with Gasteiger partial charge >= 0.3 is 0 Å². The maximum Gasteiger partial charge on any atom is 0.0537 e. The molecule has 1 aliphatic carbocycles. The van der Waals surface area contributed by atoms with Gasteiger partial charge in [0.1, 0.15) is 0 Å². The first-order valence-electron chi connectivity index (χ1n) is 7.52. The highest BCUT2D eigenvalue weighted by Crippen LogP contribution is 2.37. The van der Waals surface area contributed by atoms with Crippen LogP contribution in [0.25, 0.3) is 0 Å². The van der Waals surface area contributed by atoms with Gasteiger partial charge in [-0.15, -0.1) is 0 Å². The molecule has 0 amide bonds. The average Bonchev–Trinajstić information content (AvgIpc) is 2.87. The minimum Gasteiger partial charge on any atom is -0.324 e. The highest BCUT2D eigenvalue weighted by atomic mass is 15.3. The monoisotopic (exact) mass is 249 g/mol. The molecule has 0 bridgehead atoms. The Balaban J connectivity index is 1.98. The number of nitrogens with two attached hydrogens (primary N) is 1. The standard InChI is InChI=1S/C15H27N3/c1-3-8-18-11-14(10-17-18)15(16)13-7-5-6-12(4-2)9-13/h10-13,15H,3-9,16H2,1-2H3. The van der Waals surface area contributed by atoms with E-state index < -0.39 is 0 Å². The van der Waals surface area contributed by atoms with Crippen molar-refractivity contribution < 1.29 is 0 Å². The van der Waals surface area contributed by atoms with Crippen molar-refractivity contribution in [2.75, 3.05) is 0 Å². The van der Waals surface area contributed by atoms with E-state index in [1.54, 1.807) is 0 Å². The first kappa shape index (κ1) is 13.6. The van der Waals surface area contributed by atoms with Crippen molar-refractivity contribution in [3.8, 4) is 0 Å². The fraction of sp³-hybridized carbons (Fsp3) is 0.800. The van der Waals surface area contributed by atoms with Crippen LogP contribution in [-0.4, -0.2) is 9.78 Å². The molecule has 1 saturated carbocycles. The van der Waals surface area contributed by atoms with Crippen LogP contribution in [0.15, 0.2) is 12.4 Å². The summed E-state index contributed by atoms with van der Waals surface area (Å²) in [5.74, 6) is 1.54. The van der Waals surface area contributed by atoms with E-state index in [-0.39, 0.29) is 6.04 Å². The van der Waals surface area contributed by atoms with Gasteiger partial charge < -0.3 is 5.73 Å². The molecule has 2 rings (SSSR count).